The van der Waals surface area contributed by atoms with Gasteiger partial charge >= 0.3 is 6.01 Å². The van der Waals surface area contributed by atoms with Crippen molar-refractivity contribution in [2.24, 2.45) is 0 Å². The highest BCUT2D eigenvalue weighted by Gasteiger charge is 2.23. The van der Waals surface area contributed by atoms with Crippen LogP contribution in [0.4, 0.5) is 11.9 Å². The number of nitrogen functional groups attached to an aromatic ring is 1. The molecule has 2 heterocycles. The monoisotopic (exact) mass is 266 g/mol. The zero-order valence-electron chi connectivity index (χ0n) is 11.8. The van der Waals surface area contributed by atoms with Crippen LogP contribution in [0.25, 0.3) is 0 Å². The maximum absolute atomic E-state index is 5.73. The predicted molar refractivity (Wildman–Crippen MR) is 74.3 cm³/mol. The summed E-state index contributed by atoms with van der Waals surface area (Å²) in [6.07, 6.45) is 1.08. The van der Waals surface area contributed by atoms with Crippen LogP contribution in [-0.4, -0.2) is 59.2 Å². The third-order valence-electron chi connectivity index (χ3n) is 3.20. The summed E-state index contributed by atoms with van der Waals surface area (Å²) in [4.78, 5) is 17.1. The lowest BCUT2D eigenvalue weighted by molar-refractivity contribution is 0.311. The average Bonchev–Trinajstić information content (AvgIpc) is 2.49. The lowest BCUT2D eigenvalue weighted by atomic mass is 10.3. The second-order valence-electron chi connectivity index (χ2n) is 4.87. The summed E-state index contributed by atoms with van der Waals surface area (Å²) in [5.41, 5.74) is 5.73. The Bertz CT molecular complexity index is 427. The van der Waals surface area contributed by atoms with Gasteiger partial charge in [-0.15, -0.1) is 0 Å². The zero-order valence-corrected chi connectivity index (χ0v) is 11.8. The van der Waals surface area contributed by atoms with Crippen molar-refractivity contribution in [2.75, 3.05) is 43.9 Å². The van der Waals surface area contributed by atoms with Gasteiger partial charge in [-0.2, -0.15) is 15.0 Å². The van der Waals surface area contributed by atoms with Crippen molar-refractivity contribution in [1.29, 1.82) is 0 Å². The molecule has 1 fully saturated rings. The average molecular weight is 266 g/mol. The van der Waals surface area contributed by atoms with Gasteiger partial charge < -0.3 is 20.3 Å². The summed E-state index contributed by atoms with van der Waals surface area (Å²) in [5, 5.41) is 0. The van der Waals surface area contributed by atoms with Crippen LogP contribution in [0, 0.1) is 0 Å². The van der Waals surface area contributed by atoms with E-state index in [1.807, 2.05) is 6.92 Å². The Morgan fingerprint density at radius 2 is 2.11 bits per heavy atom. The van der Waals surface area contributed by atoms with Gasteiger partial charge in [-0.25, -0.2) is 0 Å². The Kier molecular flexibility index (Phi) is 4.36. The minimum atomic E-state index is 0.207. The molecule has 7 heteroatoms. The molecular weight excluding hydrogens is 244 g/mol. The predicted octanol–water partition coefficient (Wildman–Crippen LogP) is 0.383. The maximum atomic E-state index is 5.73. The molecule has 1 aromatic rings. The molecule has 1 saturated heterocycles. The number of nitrogens with two attached hydrogens (primary N) is 1. The van der Waals surface area contributed by atoms with Gasteiger partial charge in [-0.05, 0) is 33.9 Å². The normalized spacial score (nSPS) is 21.2. The molecule has 0 saturated carbocycles. The van der Waals surface area contributed by atoms with E-state index in [-0.39, 0.29) is 5.95 Å². The summed E-state index contributed by atoms with van der Waals surface area (Å²) in [7, 11) is 2.13. The van der Waals surface area contributed by atoms with E-state index in [4.69, 9.17) is 10.5 Å². The molecule has 1 aliphatic rings. The van der Waals surface area contributed by atoms with E-state index < -0.39 is 0 Å². The van der Waals surface area contributed by atoms with Gasteiger partial charge in [-0.1, -0.05) is 0 Å². The molecule has 0 aromatic carbocycles. The fraction of sp³-hybridized carbons (Fsp3) is 0.750. The highest BCUT2D eigenvalue weighted by molar-refractivity contribution is 5.37. The number of hydrogen-bond donors (Lipinski definition) is 1. The smallest absolute Gasteiger partial charge is 0.323 e. The molecule has 1 unspecified atom stereocenters. The van der Waals surface area contributed by atoms with E-state index in [1.165, 1.54) is 0 Å². The number of likely N-dealkylation sites (N-methyl/N-ethyl adjacent to an activating group) is 1. The number of aromatic nitrogens is 3. The number of hydrogen-bond acceptors (Lipinski definition) is 7. The number of rotatable bonds is 3. The van der Waals surface area contributed by atoms with Gasteiger partial charge in [0.2, 0.25) is 11.9 Å². The second-order valence-corrected chi connectivity index (χ2v) is 4.87. The van der Waals surface area contributed by atoms with Crippen molar-refractivity contribution >= 4 is 11.9 Å². The van der Waals surface area contributed by atoms with Crippen molar-refractivity contribution in [3.8, 4) is 6.01 Å². The Morgan fingerprint density at radius 3 is 2.84 bits per heavy atom. The molecule has 2 N–H and O–H groups in total. The van der Waals surface area contributed by atoms with Gasteiger partial charge in [0.1, 0.15) is 0 Å². The van der Waals surface area contributed by atoms with Gasteiger partial charge in [0.25, 0.3) is 0 Å². The Morgan fingerprint density at radius 1 is 1.32 bits per heavy atom. The van der Waals surface area contributed by atoms with Crippen LogP contribution in [0.3, 0.4) is 0 Å². The van der Waals surface area contributed by atoms with Crippen LogP contribution in [0.5, 0.6) is 6.01 Å². The van der Waals surface area contributed by atoms with Crippen LogP contribution in [0.15, 0.2) is 0 Å². The van der Waals surface area contributed by atoms with Crippen molar-refractivity contribution in [3.05, 3.63) is 0 Å². The first kappa shape index (κ1) is 13.8. The minimum absolute atomic E-state index is 0.207. The molecule has 0 aliphatic carbocycles. The molecule has 7 nitrogen and oxygen atoms in total. The van der Waals surface area contributed by atoms with E-state index in [0.29, 0.717) is 24.6 Å². The Hall–Kier alpha value is -1.63. The van der Waals surface area contributed by atoms with E-state index in [1.54, 1.807) is 0 Å². The van der Waals surface area contributed by atoms with Crippen molar-refractivity contribution in [2.45, 2.75) is 26.3 Å². The fourth-order valence-electron chi connectivity index (χ4n) is 2.35. The topological polar surface area (TPSA) is 80.4 Å². The van der Waals surface area contributed by atoms with Crippen LogP contribution < -0.4 is 15.4 Å². The molecular formula is C12H22N6O. The van der Waals surface area contributed by atoms with Crippen LogP contribution in [-0.2, 0) is 0 Å². The largest absolute Gasteiger partial charge is 0.464 e. The Labute approximate surface area is 113 Å². The zero-order chi connectivity index (χ0) is 13.8. The highest BCUT2D eigenvalue weighted by Crippen LogP contribution is 2.18. The van der Waals surface area contributed by atoms with Crippen molar-refractivity contribution in [3.63, 3.8) is 0 Å². The molecule has 0 bridgehead atoms. The summed E-state index contributed by atoms with van der Waals surface area (Å²) >= 11 is 0. The van der Waals surface area contributed by atoms with Gasteiger partial charge in [0.05, 0.1) is 6.61 Å². The molecule has 0 amide bonds. The lowest BCUT2D eigenvalue weighted by Gasteiger charge is -2.28. The number of nitrogens with zero attached hydrogens (tertiary/aromatic N) is 5. The second kappa shape index (κ2) is 6.01. The first-order chi connectivity index (χ1) is 9.10. The van der Waals surface area contributed by atoms with Crippen LogP contribution >= 0.6 is 0 Å². The molecule has 0 spiro atoms. The van der Waals surface area contributed by atoms with Gasteiger partial charge in [-0.3, -0.25) is 0 Å². The van der Waals surface area contributed by atoms with Crippen molar-refractivity contribution < 1.29 is 4.74 Å². The first-order valence-electron chi connectivity index (χ1n) is 6.69. The van der Waals surface area contributed by atoms with Crippen LogP contribution in [0.2, 0.25) is 0 Å². The highest BCUT2D eigenvalue weighted by atomic mass is 16.5. The number of anilines is 2. The molecule has 1 atom stereocenters. The van der Waals surface area contributed by atoms with Gasteiger partial charge in [0.15, 0.2) is 0 Å². The fourth-order valence-corrected chi connectivity index (χ4v) is 2.35. The summed E-state index contributed by atoms with van der Waals surface area (Å²) in [5.74, 6) is 0.817. The van der Waals surface area contributed by atoms with E-state index in [9.17, 15) is 0 Å². The molecule has 0 radical (unpaired) electrons. The molecule has 106 valence electrons. The Balaban J connectivity index is 2.24. The third kappa shape index (κ3) is 3.44. The summed E-state index contributed by atoms with van der Waals surface area (Å²) in [6, 6.07) is 0.638. The van der Waals surface area contributed by atoms with E-state index in [0.717, 1.165) is 26.1 Å². The standard InChI is InChI=1S/C12H22N6O/c1-4-19-12-15-10(13)14-11(16-12)18-7-5-6-17(3)8-9(18)2/h9H,4-8H2,1-3H3,(H2,13,14,15,16). The summed E-state index contributed by atoms with van der Waals surface area (Å²) in [6.45, 7) is 7.56. The molecule has 1 aromatic heterocycles. The lowest BCUT2D eigenvalue weighted by Crippen LogP contribution is -2.39. The van der Waals surface area contributed by atoms with E-state index >= 15 is 0 Å². The number of ether oxygens (including phenoxy) is 1. The van der Waals surface area contributed by atoms with Crippen LogP contribution in [0.1, 0.15) is 20.3 Å². The maximum Gasteiger partial charge on any atom is 0.323 e. The molecule has 1 aliphatic heterocycles. The molecule has 19 heavy (non-hydrogen) atoms. The quantitative estimate of drug-likeness (QED) is 0.847. The third-order valence-corrected chi connectivity index (χ3v) is 3.20. The molecule has 2 rings (SSSR count). The SMILES string of the molecule is CCOc1nc(N)nc(N2CCCN(C)CC2C)n1. The van der Waals surface area contributed by atoms with E-state index in [2.05, 4.69) is 38.7 Å². The first-order valence-corrected chi connectivity index (χ1v) is 6.69. The van der Waals surface area contributed by atoms with Gasteiger partial charge in [0, 0.05) is 19.1 Å². The van der Waals surface area contributed by atoms with Crippen molar-refractivity contribution in [1.82, 2.24) is 19.9 Å². The minimum Gasteiger partial charge on any atom is -0.464 e. The summed E-state index contributed by atoms with van der Waals surface area (Å²) < 4.78 is 5.33.